The van der Waals surface area contributed by atoms with Gasteiger partial charge in [-0.15, -0.1) is 0 Å². The molecular formula is C44H53N3O6. The van der Waals surface area contributed by atoms with Gasteiger partial charge in [0, 0.05) is 33.4 Å². The van der Waals surface area contributed by atoms with E-state index in [2.05, 4.69) is 26.3 Å². The fourth-order valence-corrected chi connectivity index (χ4v) is 6.44. The third-order valence-electron chi connectivity index (χ3n) is 9.37. The Labute approximate surface area is 311 Å². The summed E-state index contributed by atoms with van der Waals surface area (Å²) in [6.45, 7) is 34.1. The van der Waals surface area contributed by atoms with E-state index in [0.29, 0.717) is 72.4 Å². The first-order chi connectivity index (χ1) is 24.3. The molecule has 9 nitrogen and oxygen atoms in total. The number of rotatable bonds is 10. The van der Waals surface area contributed by atoms with Gasteiger partial charge in [-0.1, -0.05) is 67.9 Å². The lowest BCUT2D eigenvalue weighted by atomic mass is 9.83. The van der Waals surface area contributed by atoms with Crippen LogP contribution in [0.15, 0.2) is 77.1 Å². The fourth-order valence-electron chi connectivity index (χ4n) is 6.44. The Morgan fingerprint density at radius 3 is 0.925 bits per heavy atom. The number of aromatic nitrogens is 3. The van der Waals surface area contributed by atoms with Crippen molar-refractivity contribution in [1.29, 1.82) is 0 Å². The lowest BCUT2D eigenvalue weighted by molar-refractivity contribution is 0.443. The summed E-state index contributed by atoms with van der Waals surface area (Å²) in [5, 5.41) is 33.3. The fraction of sp³-hybridized carbons (Fsp3) is 0.341. The minimum Gasteiger partial charge on any atom is -0.507 e. The second-order valence-corrected chi connectivity index (χ2v) is 16.3. The number of benzene rings is 3. The van der Waals surface area contributed by atoms with Crippen molar-refractivity contribution in [3.63, 3.8) is 0 Å². The van der Waals surface area contributed by atoms with Crippen molar-refractivity contribution >= 4 is 22.3 Å². The molecule has 0 spiro atoms. The van der Waals surface area contributed by atoms with Crippen LogP contribution in [0.25, 0.3) is 22.3 Å². The van der Waals surface area contributed by atoms with Gasteiger partial charge in [-0.2, -0.15) is 0 Å². The Hall–Kier alpha value is -5.57. The van der Waals surface area contributed by atoms with Crippen LogP contribution in [0.2, 0.25) is 0 Å². The van der Waals surface area contributed by atoms with E-state index in [1.807, 2.05) is 41.5 Å². The van der Waals surface area contributed by atoms with Gasteiger partial charge in [0.05, 0.1) is 19.6 Å². The van der Waals surface area contributed by atoms with Crippen LogP contribution in [0.1, 0.15) is 119 Å². The van der Waals surface area contributed by atoms with Crippen LogP contribution < -0.4 is 17.1 Å². The molecule has 1 aromatic heterocycles. The molecule has 3 aromatic carbocycles. The normalized spacial score (nSPS) is 11.8. The summed E-state index contributed by atoms with van der Waals surface area (Å²) in [7, 11) is 0. The van der Waals surface area contributed by atoms with Gasteiger partial charge in [0.25, 0.3) is 0 Å². The van der Waals surface area contributed by atoms with Gasteiger partial charge in [0.2, 0.25) is 0 Å². The van der Waals surface area contributed by atoms with Gasteiger partial charge in [0.1, 0.15) is 17.2 Å². The summed E-state index contributed by atoms with van der Waals surface area (Å²) < 4.78 is 3.05. The molecule has 0 atom stereocenters. The number of hydrogen-bond donors (Lipinski definition) is 3. The summed E-state index contributed by atoms with van der Waals surface area (Å²) in [6, 6.07) is 10.3. The highest BCUT2D eigenvalue weighted by atomic mass is 16.3. The van der Waals surface area contributed by atoms with Gasteiger partial charge in [-0.3, -0.25) is 0 Å². The van der Waals surface area contributed by atoms with Gasteiger partial charge < -0.3 is 15.3 Å². The van der Waals surface area contributed by atoms with E-state index in [9.17, 15) is 29.7 Å². The molecule has 3 N–H and O–H groups in total. The molecule has 0 fully saturated rings. The first-order valence-corrected chi connectivity index (χ1v) is 17.5. The van der Waals surface area contributed by atoms with E-state index >= 15 is 0 Å². The highest BCUT2D eigenvalue weighted by molar-refractivity contribution is 5.77. The lowest BCUT2D eigenvalue weighted by Gasteiger charge is -2.24. The van der Waals surface area contributed by atoms with Crippen molar-refractivity contribution in [3.05, 3.63) is 144 Å². The average Bonchev–Trinajstić information content (AvgIpc) is 3.03. The maximum absolute atomic E-state index is 14.4. The molecule has 53 heavy (non-hydrogen) atoms. The molecule has 0 saturated carbocycles. The maximum atomic E-state index is 14.4. The molecule has 4 rings (SSSR count). The lowest BCUT2D eigenvalue weighted by Crippen LogP contribution is -2.54. The predicted molar refractivity (Wildman–Crippen MR) is 217 cm³/mol. The molecule has 0 radical (unpaired) electrons. The van der Waals surface area contributed by atoms with E-state index < -0.39 is 27.9 Å². The van der Waals surface area contributed by atoms with Crippen LogP contribution in [0.3, 0.4) is 0 Å². The highest BCUT2D eigenvalue weighted by Crippen LogP contribution is 2.39. The molecule has 0 bridgehead atoms. The number of aromatic hydroxyl groups is 3. The van der Waals surface area contributed by atoms with E-state index in [-0.39, 0.29) is 36.9 Å². The monoisotopic (exact) mass is 719 g/mol. The molecule has 0 aliphatic rings. The summed E-state index contributed by atoms with van der Waals surface area (Å²) in [4.78, 5) is 43.2. The molecule has 0 unspecified atom stereocenters. The molecule has 0 aliphatic heterocycles. The van der Waals surface area contributed by atoms with E-state index in [1.165, 1.54) is 0 Å². The Morgan fingerprint density at radius 2 is 0.698 bits per heavy atom. The van der Waals surface area contributed by atoms with Crippen molar-refractivity contribution in [2.75, 3.05) is 0 Å². The van der Waals surface area contributed by atoms with E-state index in [0.717, 1.165) is 13.7 Å². The number of phenols is 3. The minimum absolute atomic E-state index is 0.00548. The predicted octanol–water partition coefficient (Wildman–Crippen LogP) is 8.16. The molecule has 9 heteroatoms. The van der Waals surface area contributed by atoms with Crippen LogP contribution in [0.4, 0.5) is 0 Å². The second-order valence-electron chi connectivity index (χ2n) is 16.3. The number of nitrogens with zero attached hydrogens (tertiary/aromatic N) is 3. The molecular weight excluding hydrogens is 666 g/mol. The number of phenolic OH excluding ortho intramolecular Hbond substituents is 3. The molecule has 1 heterocycles. The van der Waals surface area contributed by atoms with Crippen LogP contribution >= 0.6 is 0 Å². The average molecular weight is 720 g/mol. The Kier molecular flexibility index (Phi) is 11.0. The van der Waals surface area contributed by atoms with E-state index in [4.69, 9.17) is 0 Å². The molecule has 0 aliphatic carbocycles. The second kappa shape index (κ2) is 14.5. The first-order valence-electron chi connectivity index (χ1n) is 17.5. The largest absolute Gasteiger partial charge is 0.507 e. The first kappa shape index (κ1) is 40.2. The topological polar surface area (TPSA) is 127 Å². The Bertz CT molecular complexity index is 2230. The number of allylic oxidation sites excluding steroid dienone is 4. The third-order valence-corrected chi connectivity index (χ3v) is 9.37. The van der Waals surface area contributed by atoms with Crippen LogP contribution in [0, 0.1) is 0 Å². The SMILES string of the molecule is C=C(C)c1cc(Cn2c(=O)n(Cc3cc(C(=C)C)c(O)c(C(C)(C)C)c3)c(=O)n(Cc3cc(C(=C)C)c(O)c(C(C)(C)C)c3)c2=O)cc(C(=C)C)c1O. The quantitative estimate of drug-likeness (QED) is 0.152. The van der Waals surface area contributed by atoms with Gasteiger partial charge in [0.15, 0.2) is 0 Å². The van der Waals surface area contributed by atoms with Crippen LogP contribution in [-0.2, 0) is 30.5 Å². The molecule has 280 valence electrons. The van der Waals surface area contributed by atoms with Crippen molar-refractivity contribution in [2.45, 2.75) is 99.7 Å². The highest BCUT2D eigenvalue weighted by Gasteiger charge is 2.25. The summed E-state index contributed by atoms with van der Waals surface area (Å²) in [5.41, 5.74) is 3.64. The minimum atomic E-state index is -0.830. The van der Waals surface area contributed by atoms with Crippen LogP contribution in [0.5, 0.6) is 17.2 Å². The maximum Gasteiger partial charge on any atom is 0.336 e. The van der Waals surface area contributed by atoms with Crippen LogP contribution in [-0.4, -0.2) is 29.0 Å². The van der Waals surface area contributed by atoms with Gasteiger partial charge in [-0.05, 0) is 114 Å². The van der Waals surface area contributed by atoms with Gasteiger partial charge in [-0.25, -0.2) is 28.1 Å². The summed E-state index contributed by atoms with van der Waals surface area (Å²) in [5.74, 6) is 0.148. The van der Waals surface area contributed by atoms with Crippen molar-refractivity contribution in [3.8, 4) is 17.2 Å². The molecule has 0 amide bonds. The van der Waals surface area contributed by atoms with Crippen molar-refractivity contribution in [1.82, 2.24) is 13.7 Å². The Balaban J connectivity index is 2.07. The van der Waals surface area contributed by atoms with Gasteiger partial charge >= 0.3 is 17.1 Å². The standard InChI is InChI=1S/C44H53N3O6/c1-24(2)31-15-28(16-32(25(3)4)37(31)48)21-45-40(51)46(22-29-17-33(26(5)6)38(49)35(19-29)43(9,10)11)42(53)47(41(45)52)23-30-18-34(27(7)8)39(50)36(20-30)44(12,13)14/h15-20,48-50H,1,3,5,7,21-23H2,2,4,6,8-14H3. The zero-order valence-electron chi connectivity index (χ0n) is 32.8. The zero-order valence-corrected chi connectivity index (χ0v) is 32.8. The van der Waals surface area contributed by atoms with Crippen molar-refractivity contribution < 1.29 is 15.3 Å². The number of hydrogen-bond acceptors (Lipinski definition) is 6. The Morgan fingerprint density at radius 1 is 0.472 bits per heavy atom. The van der Waals surface area contributed by atoms with Crippen molar-refractivity contribution in [2.24, 2.45) is 0 Å². The summed E-state index contributed by atoms with van der Waals surface area (Å²) >= 11 is 0. The third kappa shape index (κ3) is 8.09. The van der Waals surface area contributed by atoms with E-state index in [1.54, 1.807) is 64.1 Å². The summed E-state index contributed by atoms with van der Waals surface area (Å²) in [6.07, 6.45) is 0. The molecule has 0 saturated heterocycles. The smallest absolute Gasteiger partial charge is 0.336 e. The zero-order chi connectivity index (χ0) is 40.1. The molecule has 4 aromatic rings.